The molecule has 108 valence electrons. The molecule has 1 amide bonds. The van der Waals surface area contributed by atoms with E-state index in [1.54, 1.807) is 12.1 Å². The molecule has 2 atom stereocenters. The van der Waals surface area contributed by atoms with Crippen LogP contribution >= 0.6 is 0 Å². The second-order valence-electron chi connectivity index (χ2n) is 6.02. The Kier molecular flexibility index (Phi) is 3.50. The number of amides is 1. The number of aliphatic hydroxyl groups is 1. The summed E-state index contributed by atoms with van der Waals surface area (Å²) in [5.74, 6) is -0.303. The summed E-state index contributed by atoms with van der Waals surface area (Å²) in [5, 5.41) is 12.9. The number of benzene rings is 1. The number of carbonyl (C=O) groups excluding carboxylic acids is 1. The lowest BCUT2D eigenvalue weighted by Crippen LogP contribution is -2.48. The summed E-state index contributed by atoms with van der Waals surface area (Å²) in [5.41, 5.74) is 0.381. The second kappa shape index (κ2) is 5.17. The van der Waals surface area contributed by atoms with Gasteiger partial charge in [-0.3, -0.25) is 4.79 Å². The standard InChI is InChI=1S/C16H20FNO2/c17-12-7-5-11(6-8-12)16(9-10-16)15(20)18-13-3-1-2-4-14(13)19/h5-8,13-14,19H,1-4,9-10H2,(H,18,20)/t13-,14-/m1/s1. The van der Waals surface area contributed by atoms with Crippen LogP contribution in [-0.2, 0) is 10.2 Å². The molecule has 1 aromatic rings. The molecule has 0 unspecified atom stereocenters. The Balaban J connectivity index is 1.71. The van der Waals surface area contributed by atoms with Crippen LogP contribution in [-0.4, -0.2) is 23.2 Å². The fourth-order valence-corrected chi connectivity index (χ4v) is 3.13. The molecule has 1 aromatic carbocycles. The van der Waals surface area contributed by atoms with Crippen LogP contribution in [0.25, 0.3) is 0 Å². The largest absolute Gasteiger partial charge is 0.391 e. The first-order valence-electron chi connectivity index (χ1n) is 7.37. The topological polar surface area (TPSA) is 49.3 Å². The van der Waals surface area contributed by atoms with Crippen LogP contribution in [0.2, 0.25) is 0 Å². The van der Waals surface area contributed by atoms with Gasteiger partial charge in [0.1, 0.15) is 5.82 Å². The number of halogens is 1. The van der Waals surface area contributed by atoms with Crippen LogP contribution in [0.4, 0.5) is 4.39 Å². The number of hydrogen-bond acceptors (Lipinski definition) is 2. The summed E-state index contributed by atoms with van der Waals surface area (Å²) in [7, 11) is 0. The van der Waals surface area contributed by atoms with E-state index in [4.69, 9.17) is 0 Å². The lowest BCUT2D eigenvalue weighted by Gasteiger charge is -2.30. The minimum absolute atomic E-state index is 0.0185. The zero-order valence-electron chi connectivity index (χ0n) is 11.4. The van der Waals surface area contributed by atoms with E-state index in [-0.39, 0.29) is 17.8 Å². The first kappa shape index (κ1) is 13.6. The maximum Gasteiger partial charge on any atom is 0.230 e. The molecule has 2 N–H and O–H groups in total. The minimum atomic E-state index is -0.495. The molecule has 0 bridgehead atoms. The number of carbonyl (C=O) groups is 1. The SMILES string of the molecule is O=C(N[C@@H]1CCCC[C@H]1O)C1(c2ccc(F)cc2)CC1. The molecule has 2 aliphatic carbocycles. The van der Waals surface area contributed by atoms with Crippen molar-refractivity contribution in [2.24, 2.45) is 0 Å². The van der Waals surface area contributed by atoms with Gasteiger partial charge in [0, 0.05) is 0 Å². The third-order valence-corrected chi connectivity index (χ3v) is 4.63. The highest BCUT2D eigenvalue weighted by atomic mass is 19.1. The number of rotatable bonds is 3. The third kappa shape index (κ3) is 2.44. The smallest absolute Gasteiger partial charge is 0.230 e. The van der Waals surface area contributed by atoms with E-state index >= 15 is 0 Å². The average molecular weight is 277 g/mol. The summed E-state index contributed by atoms with van der Waals surface area (Å²) in [6.45, 7) is 0. The molecule has 0 saturated heterocycles. The van der Waals surface area contributed by atoms with Gasteiger partial charge in [0.2, 0.25) is 5.91 Å². The van der Waals surface area contributed by atoms with Gasteiger partial charge in [-0.05, 0) is 43.4 Å². The van der Waals surface area contributed by atoms with Crippen LogP contribution in [0.1, 0.15) is 44.1 Å². The van der Waals surface area contributed by atoms with Crippen molar-refractivity contribution >= 4 is 5.91 Å². The molecule has 20 heavy (non-hydrogen) atoms. The molecule has 0 aliphatic heterocycles. The van der Waals surface area contributed by atoms with Crippen LogP contribution in [0, 0.1) is 5.82 Å². The van der Waals surface area contributed by atoms with Gasteiger partial charge in [0.25, 0.3) is 0 Å². The average Bonchev–Trinajstić information content (AvgIpc) is 3.24. The van der Waals surface area contributed by atoms with Gasteiger partial charge < -0.3 is 10.4 Å². The fraction of sp³-hybridized carbons (Fsp3) is 0.562. The minimum Gasteiger partial charge on any atom is -0.391 e. The van der Waals surface area contributed by atoms with Crippen LogP contribution in [0.3, 0.4) is 0 Å². The van der Waals surface area contributed by atoms with Crippen LogP contribution < -0.4 is 5.32 Å². The summed E-state index contributed by atoms with van der Waals surface area (Å²) in [4.78, 5) is 12.5. The number of nitrogens with one attached hydrogen (secondary N) is 1. The van der Waals surface area contributed by atoms with Crippen molar-refractivity contribution in [2.45, 2.75) is 56.1 Å². The van der Waals surface area contributed by atoms with E-state index in [1.807, 2.05) is 0 Å². The Labute approximate surface area is 118 Å². The van der Waals surface area contributed by atoms with Crippen molar-refractivity contribution < 1.29 is 14.3 Å². The van der Waals surface area contributed by atoms with E-state index in [2.05, 4.69) is 5.32 Å². The Hall–Kier alpha value is -1.42. The summed E-state index contributed by atoms with van der Waals surface area (Å²) >= 11 is 0. The fourth-order valence-electron chi connectivity index (χ4n) is 3.13. The first-order valence-corrected chi connectivity index (χ1v) is 7.37. The lowest BCUT2D eigenvalue weighted by molar-refractivity contribution is -0.125. The van der Waals surface area contributed by atoms with Crippen LogP contribution in [0.5, 0.6) is 0 Å². The van der Waals surface area contributed by atoms with Gasteiger partial charge in [-0.25, -0.2) is 4.39 Å². The monoisotopic (exact) mass is 277 g/mol. The molecule has 2 aliphatic rings. The van der Waals surface area contributed by atoms with Gasteiger partial charge in [0.05, 0.1) is 17.6 Å². The third-order valence-electron chi connectivity index (χ3n) is 4.63. The zero-order valence-corrected chi connectivity index (χ0v) is 11.4. The highest BCUT2D eigenvalue weighted by molar-refractivity contribution is 5.91. The Morgan fingerprint density at radius 2 is 1.85 bits per heavy atom. The molecule has 2 saturated carbocycles. The quantitative estimate of drug-likeness (QED) is 0.890. The van der Waals surface area contributed by atoms with Gasteiger partial charge in [-0.1, -0.05) is 25.0 Å². The van der Waals surface area contributed by atoms with E-state index < -0.39 is 11.5 Å². The second-order valence-corrected chi connectivity index (χ2v) is 6.02. The van der Waals surface area contributed by atoms with Crippen molar-refractivity contribution in [1.29, 1.82) is 0 Å². The predicted octanol–water partition coefficient (Wildman–Crippen LogP) is 2.28. The molecule has 3 rings (SSSR count). The zero-order chi connectivity index (χ0) is 14.2. The molecular weight excluding hydrogens is 257 g/mol. The molecule has 0 radical (unpaired) electrons. The van der Waals surface area contributed by atoms with Gasteiger partial charge in [0.15, 0.2) is 0 Å². The van der Waals surface area contributed by atoms with Crippen molar-refractivity contribution in [1.82, 2.24) is 5.32 Å². The van der Waals surface area contributed by atoms with Gasteiger partial charge in [-0.2, -0.15) is 0 Å². The van der Waals surface area contributed by atoms with Crippen molar-refractivity contribution in [3.05, 3.63) is 35.6 Å². The van der Waals surface area contributed by atoms with Gasteiger partial charge in [-0.15, -0.1) is 0 Å². The highest BCUT2D eigenvalue weighted by Gasteiger charge is 2.51. The van der Waals surface area contributed by atoms with Crippen molar-refractivity contribution in [2.75, 3.05) is 0 Å². The summed E-state index contributed by atoms with van der Waals surface area (Å²) in [6.07, 6.45) is 4.83. The van der Waals surface area contributed by atoms with Crippen molar-refractivity contribution in [3.8, 4) is 0 Å². The maximum absolute atomic E-state index is 13.0. The molecule has 3 nitrogen and oxygen atoms in total. The molecular formula is C16H20FNO2. The molecule has 2 fully saturated rings. The number of hydrogen-bond donors (Lipinski definition) is 2. The first-order chi connectivity index (χ1) is 9.62. The van der Waals surface area contributed by atoms with Crippen molar-refractivity contribution in [3.63, 3.8) is 0 Å². The highest BCUT2D eigenvalue weighted by Crippen LogP contribution is 2.48. The van der Waals surface area contributed by atoms with E-state index in [9.17, 15) is 14.3 Å². The van der Waals surface area contributed by atoms with E-state index in [0.717, 1.165) is 44.1 Å². The van der Waals surface area contributed by atoms with Gasteiger partial charge >= 0.3 is 0 Å². The molecule has 0 spiro atoms. The molecule has 0 heterocycles. The Morgan fingerprint density at radius 1 is 1.20 bits per heavy atom. The van der Waals surface area contributed by atoms with E-state index in [1.165, 1.54) is 12.1 Å². The summed E-state index contributed by atoms with van der Waals surface area (Å²) in [6, 6.07) is 6.06. The molecule has 0 aromatic heterocycles. The maximum atomic E-state index is 13.0. The summed E-state index contributed by atoms with van der Waals surface area (Å²) < 4.78 is 13.0. The Bertz CT molecular complexity index is 496. The van der Waals surface area contributed by atoms with E-state index in [0.29, 0.717) is 0 Å². The predicted molar refractivity (Wildman–Crippen MR) is 73.7 cm³/mol. The lowest BCUT2D eigenvalue weighted by atomic mass is 9.90. The normalized spacial score (nSPS) is 27.9. The number of aliphatic hydroxyl groups excluding tert-OH is 1. The Morgan fingerprint density at radius 3 is 2.45 bits per heavy atom. The molecule has 4 heteroatoms. The van der Waals surface area contributed by atoms with Crippen LogP contribution in [0.15, 0.2) is 24.3 Å².